The number of fused-ring (bicyclic) bond motifs is 1. The smallest absolute Gasteiger partial charge is 0.417 e. The number of alkyl carbamates (subject to hydrolysis) is 1. The Labute approximate surface area is 839 Å². The molecule has 0 aromatic heterocycles. The number of nitrogens with two attached hydrogens (primary N) is 8. The number of carbonyl (C=O) groups is 9. The molecule has 2 fully saturated rings. The second-order valence-electron chi connectivity index (χ2n) is 46.2. The Morgan fingerprint density at radius 2 is 1.02 bits per heavy atom. The fourth-order valence-corrected chi connectivity index (χ4v) is 11.1. The molecule has 0 bridgehead atoms. The lowest BCUT2D eigenvalue weighted by Gasteiger charge is -2.27. The summed E-state index contributed by atoms with van der Waals surface area (Å²) in [6, 6.07) is 0.199. The van der Waals surface area contributed by atoms with Crippen LogP contribution in [0, 0.1) is 49.2 Å². The minimum absolute atomic E-state index is 0.00567. The fraction of sp³-hybridized carbons (Fsp3) is 0.811. The molecule has 0 aromatic rings. The van der Waals surface area contributed by atoms with Gasteiger partial charge >= 0.3 is 18.1 Å². The number of hydrogen-bond acceptors (Lipinski definition) is 22. The van der Waals surface area contributed by atoms with Crippen molar-refractivity contribution in [3.8, 4) is 0 Å². The van der Waals surface area contributed by atoms with E-state index in [1.54, 1.807) is 126 Å². The van der Waals surface area contributed by atoms with E-state index >= 15 is 0 Å². The van der Waals surface area contributed by atoms with Crippen LogP contribution in [0.4, 0.5) is 9.59 Å². The molecule has 7 atom stereocenters. The predicted molar refractivity (Wildman–Crippen MR) is 569 cm³/mol. The molecule has 2 aliphatic heterocycles. The number of hydrogen-bond donors (Lipinski definition) is 18. The van der Waals surface area contributed by atoms with Gasteiger partial charge in [-0.3, -0.25) is 60.0 Å². The quantitative estimate of drug-likeness (QED) is 0.00552. The molecule has 4 amide bonds. The van der Waals surface area contributed by atoms with Crippen molar-refractivity contribution >= 4 is 118 Å². The van der Waals surface area contributed by atoms with Crippen molar-refractivity contribution in [2.45, 2.75) is 337 Å². The number of carbonyl (C=O) groups excluding carboxylic acids is 9. The topological polar surface area (TPSA) is 658 Å². The van der Waals surface area contributed by atoms with Gasteiger partial charge in [0.1, 0.15) is 47.5 Å². The van der Waals surface area contributed by atoms with Gasteiger partial charge in [-0.25, -0.2) is 14.6 Å². The van der Waals surface area contributed by atoms with Gasteiger partial charge in [-0.05, 0) is 140 Å². The first-order valence-electron chi connectivity index (χ1n) is 46.9. The van der Waals surface area contributed by atoms with Crippen molar-refractivity contribution in [3.63, 3.8) is 0 Å². The molecule has 0 spiro atoms. The standard InChI is InChI=1S/C14H24N2O2S.C14H26O4.C12H23N5O4.C11H24N4O.C11H24NO2.C9H19N5O.C8H19N5O.C8H19N5.C8H20N/c1-14(2,3)11(17)7-5-4-6-10-12-9(8-19-10)15-13(18)16-12;1-13(2,3)11(17)8-6-7-10(16)12(18)14(4,5)9-15;1-7(20-8(18)12(2,3)4)21-11(19)16-9(13)15-10(14)17(5)6;1-8(16)9(12)6-5-7-14-10(13)15-11(2,3)4;1-11(2,3)10(14)7-9(13)8-12(4,5)6;1-9(2,3)6(15)12-7(10)13-8(11)14(4)5;1-8(2,3)14-12-6(9)11-7(10)13(4)5;1-8(2,3)12-6(9)11-7(10)13(4)5;1-8(2)6-7-9(3,4)5/h9-10,12H,4-8H2,1-3H3,(H2,15,16,18);12,15,18H,6-9H2,1-5H3;7H,1-6H3,(H4,13,14,15,16,19);9H,5-7,12H2,1-4H3,(H3,13,14,15);9,13H,7-8H2,1-6H3;1-5H3,(H4,10,11,12,13,15);1-5H3,(H4,9,10,11,12);1-5H3,(H4,9,10,11,12);8H,6-7H2,1-5H3/q;;;;+1;;;;+1/t9-,10-,12-;12-;;9-;;;;;/m00.0...../s1. The number of ketones is 5. The van der Waals surface area contributed by atoms with Crippen molar-refractivity contribution in [2.24, 2.45) is 119 Å². The Morgan fingerprint density at radius 3 is 1.40 bits per heavy atom. The average molecular weight is 2000 g/mol. The third-order valence-electron chi connectivity index (χ3n) is 18.3. The highest BCUT2D eigenvalue weighted by atomic mass is 32.2. The van der Waals surface area contributed by atoms with E-state index in [0.717, 1.165) is 41.8 Å². The normalized spacial score (nSPS) is 16.1. The summed E-state index contributed by atoms with van der Waals surface area (Å²) in [4.78, 5) is 138. The van der Waals surface area contributed by atoms with Crippen LogP contribution in [0.3, 0.4) is 0 Å². The number of rotatable bonds is 27. The monoisotopic (exact) mass is 2000 g/mol. The summed E-state index contributed by atoms with van der Waals surface area (Å²) in [5, 5.41) is 60.9. The summed E-state index contributed by atoms with van der Waals surface area (Å²) in [6.45, 7) is 57.9. The summed E-state index contributed by atoms with van der Waals surface area (Å²) in [7, 11) is 26.5. The Morgan fingerprint density at radius 1 is 0.561 bits per heavy atom. The van der Waals surface area contributed by atoms with Crippen LogP contribution in [-0.4, -0.2) is 340 Å². The molecule has 2 aliphatic rings. The van der Waals surface area contributed by atoms with E-state index in [0.29, 0.717) is 72.2 Å². The molecule has 43 nitrogen and oxygen atoms in total. The summed E-state index contributed by atoms with van der Waals surface area (Å²) in [6.07, 6.45) is 4.09. The molecule has 812 valence electrons. The zero-order valence-electron chi connectivity index (χ0n) is 94.0. The summed E-state index contributed by atoms with van der Waals surface area (Å²) in [5.74, 6) is 2.16. The Hall–Kier alpha value is -9.63. The number of guanidine groups is 9. The van der Waals surface area contributed by atoms with Crippen LogP contribution in [0.5, 0.6) is 0 Å². The average Bonchev–Trinajstić information content (AvgIpc) is 1.66. The molecular formula is C95H198N28O15S+2. The molecule has 44 heteroatoms. The zero-order chi connectivity index (χ0) is 111. The first kappa shape index (κ1) is 142. The fourth-order valence-electron chi connectivity index (χ4n) is 9.53. The number of thioether (sulfide) groups is 1. The minimum Gasteiger partial charge on any atom is -0.425 e. The van der Waals surface area contributed by atoms with Gasteiger partial charge in [-0.2, -0.15) is 31.7 Å². The van der Waals surface area contributed by atoms with Gasteiger partial charge in [0.25, 0.3) is 5.96 Å². The molecule has 2 unspecified atom stereocenters. The number of Topliss-reactive ketones (excluding diaryl/α,β-unsaturated/α-hetero) is 5. The van der Waals surface area contributed by atoms with Gasteiger partial charge in [0, 0.05) is 139 Å². The highest BCUT2D eigenvalue weighted by Gasteiger charge is 2.43. The van der Waals surface area contributed by atoms with Crippen LogP contribution in [0.2, 0.25) is 0 Å². The molecule has 0 aromatic carbocycles. The van der Waals surface area contributed by atoms with E-state index in [1.165, 1.54) is 31.7 Å². The number of aliphatic imine (C=N–C) groups is 6. The zero-order valence-corrected chi connectivity index (χ0v) is 94.8. The molecule has 0 aliphatic carbocycles. The number of unbranched alkanes of at least 4 members (excludes halogenated alkanes) is 1. The molecule has 139 heavy (non-hydrogen) atoms. The number of aliphatic hydroxyl groups excluding tert-OH is 3. The Kier molecular flexibility index (Phi) is 67.0. The molecule has 0 radical (unpaired) electrons. The van der Waals surface area contributed by atoms with Crippen LogP contribution in [-0.2, 0) is 47.9 Å². The van der Waals surface area contributed by atoms with E-state index in [4.69, 9.17) is 76.1 Å². The third kappa shape index (κ3) is 82.8. The molecule has 26 N–H and O–H groups in total. The van der Waals surface area contributed by atoms with E-state index in [2.05, 4.69) is 96.7 Å². The number of aliphatic hydroxyl groups is 3. The highest BCUT2D eigenvalue weighted by molar-refractivity contribution is 8.00. The predicted octanol–water partition coefficient (Wildman–Crippen LogP) is 7.53. The van der Waals surface area contributed by atoms with Gasteiger partial charge in [0.15, 0.2) is 29.6 Å². The van der Waals surface area contributed by atoms with Crippen LogP contribution in [0.15, 0.2) is 35.1 Å². The Bertz CT molecular complexity index is 3940. The van der Waals surface area contributed by atoms with Gasteiger partial charge in [-0.15, -0.1) is 0 Å². The summed E-state index contributed by atoms with van der Waals surface area (Å²) >= 11 is 1.94. The number of esters is 1. The van der Waals surface area contributed by atoms with Crippen molar-refractivity contribution in [3.05, 3.63) is 0 Å². The Balaban J connectivity index is -0.000000284. The maximum Gasteiger partial charge on any atom is 0.417 e. The lowest BCUT2D eigenvalue weighted by atomic mass is 9.83. The number of quaternary nitrogens is 2. The second-order valence-corrected chi connectivity index (χ2v) is 47.5. The van der Waals surface area contributed by atoms with Crippen molar-refractivity contribution in [1.82, 2.24) is 46.2 Å². The number of nitrogens with one attached hydrogen (secondary N) is 7. The maximum atomic E-state index is 11.8. The highest BCUT2D eigenvalue weighted by Crippen LogP contribution is 2.34. The number of urea groups is 1. The maximum absolute atomic E-state index is 11.8. The SMILES string of the molecule is CC(=O)[C@@H](N)CCCN=C(N)NC(C)(C)C.CC(C)(C)C(=O)CC(O)C[N+](C)(C)C.CC(C)(C)C(=O)CCCC(=O)[C@H](O)C(C)(C)CO.CC(C)(C)C(=O)CCCC[C@@H]1SC[C@@H]2NC(=O)N[C@@H]21.CC(C)CC[N+](C)(C)C.CC(OC(=O)NC(N)=NC(=N)N(C)C)OC(=O)C(C)(C)C.CN(C)C(N)=NC(=N)NC(=O)C(C)(C)C.CN(C)C(N)=NC(N)=NC(C)(C)C.CN(C)C(N)=NC(N)=NOC(C)(C)C. The van der Waals surface area contributed by atoms with E-state index in [1.807, 2.05) is 158 Å². The van der Waals surface area contributed by atoms with Crippen molar-refractivity contribution in [2.75, 3.05) is 131 Å². The van der Waals surface area contributed by atoms with Gasteiger partial charge in [-0.1, -0.05) is 117 Å². The number of oxime groups is 1. The van der Waals surface area contributed by atoms with Gasteiger partial charge < -0.3 is 120 Å². The molecule has 2 rings (SSSR count). The van der Waals surface area contributed by atoms with Crippen LogP contribution in [0.25, 0.3) is 0 Å². The van der Waals surface area contributed by atoms with E-state index in [9.17, 15) is 53.4 Å². The van der Waals surface area contributed by atoms with E-state index in [-0.39, 0.29) is 141 Å². The summed E-state index contributed by atoms with van der Waals surface area (Å²) < 4.78 is 11.5. The molecule has 2 heterocycles. The molecule has 0 saturated carbocycles. The van der Waals surface area contributed by atoms with Crippen LogP contribution >= 0.6 is 11.8 Å². The number of ether oxygens (including phenoxy) is 2. The van der Waals surface area contributed by atoms with Crippen LogP contribution < -0.4 is 72.5 Å². The van der Waals surface area contributed by atoms with E-state index < -0.39 is 46.8 Å². The summed E-state index contributed by atoms with van der Waals surface area (Å²) in [5.41, 5.74) is 40.6. The minimum atomic E-state index is -1.17. The number of nitrogens with zero attached hydrogens (tertiary/aromatic N) is 13. The van der Waals surface area contributed by atoms with Gasteiger partial charge in [0.2, 0.25) is 36.0 Å². The number of likely N-dealkylation sites (N-methyl/N-ethyl adjacent to an activating group) is 1. The van der Waals surface area contributed by atoms with Crippen molar-refractivity contribution < 1.29 is 81.7 Å². The lowest BCUT2D eigenvalue weighted by Crippen LogP contribution is -2.45. The first-order chi connectivity index (χ1) is 62.1. The molecular weight excluding hydrogens is 1810 g/mol. The second kappa shape index (κ2) is 65.5. The third-order valence-corrected chi connectivity index (χ3v) is 19.8. The first-order valence-corrected chi connectivity index (χ1v) is 48.0. The van der Waals surface area contributed by atoms with Gasteiger partial charge in [0.05, 0.1) is 84.5 Å². The molecule has 2 saturated heterocycles. The largest absolute Gasteiger partial charge is 0.425 e. The number of amides is 4. The van der Waals surface area contributed by atoms with Crippen molar-refractivity contribution in [1.29, 1.82) is 10.8 Å². The van der Waals surface area contributed by atoms with Crippen LogP contribution in [0.1, 0.15) is 278 Å². The lowest BCUT2D eigenvalue weighted by molar-refractivity contribution is -0.873.